The predicted molar refractivity (Wildman–Crippen MR) is 121 cm³/mol. The number of nitrogens with one attached hydrogen (secondary N) is 1. The van der Waals surface area contributed by atoms with Crippen LogP contribution in [0.4, 0.5) is 0 Å². The second kappa shape index (κ2) is 8.57. The molecular formula is C24H24BrN2O4+. The van der Waals surface area contributed by atoms with Gasteiger partial charge in [-0.1, -0.05) is 40.2 Å². The van der Waals surface area contributed by atoms with Crippen molar-refractivity contribution in [2.75, 3.05) is 39.4 Å². The molecule has 1 fully saturated rings. The fourth-order valence-electron chi connectivity index (χ4n) is 4.63. The molecule has 1 saturated heterocycles. The lowest BCUT2D eigenvalue weighted by atomic mass is 9.98. The molecule has 0 saturated carbocycles. The van der Waals surface area contributed by atoms with E-state index in [0.29, 0.717) is 23.1 Å². The van der Waals surface area contributed by atoms with E-state index in [-0.39, 0.29) is 17.1 Å². The van der Waals surface area contributed by atoms with Gasteiger partial charge in [-0.15, -0.1) is 0 Å². The van der Waals surface area contributed by atoms with Gasteiger partial charge in [0.15, 0.2) is 5.43 Å². The summed E-state index contributed by atoms with van der Waals surface area (Å²) < 4.78 is 12.3. The molecular weight excluding hydrogens is 460 g/mol. The van der Waals surface area contributed by atoms with Crippen LogP contribution in [-0.2, 0) is 4.74 Å². The SMILES string of the molecule is O=C1c2oc3ccccc3c(=O)c2[C@@H](c2cccc(Br)c2)N1CCC[NH+]1CCOCC1. The smallest absolute Gasteiger partial charge is 0.290 e. The Kier molecular flexibility index (Phi) is 5.65. The average Bonchev–Trinajstić information content (AvgIpc) is 3.07. The Morgan fingerprint density at radius 1 is 1.06 bits per heavy atom. The summed E-state index contributed by atoms with van der Waals surface area (Å²) in [5.74, 6) is -0.0350. The number of fused-ring (bicyclic) bond motifs is 2. The quantitative estimate of drug-likeness (QED) is 0.605. The second-order valence-electron chi connectivity index (χ2n) is 8.09. The Morgan fingerprint density at radius 2 is 1.87 bits per heavy atom. The summed E-state index contributed by atoms with van der Waals surface area (Å²) >= 11 is 3.53. The number of morpholine rings is 1. The minimum absolute atomic E-state index is 0.128. The summed E-state index contributed by atoms with van der Waals surface area (Å²) in [6.07, 6.45) is 0.854. The van der Waals surface area contributed by atoms with Crippen molar-refractivity contribution in [2.24, 2.45) is 0 Å². The number of ether oxygens (including phenoxy) is 1. The number of hydrogen-bond donors (Lipinski definition) is 1. The number of carbonyl (C=O) groups is 1. The zero-order valence-electron chi connectivity index (χ0n) is 17.1. The summed E-state index contributed by atoms with van der Waals surface area (Å²) in [5.41, 5.74) is 1.67. The molecule has 160 valence electrons. The Hall–Kier alpha value is -2.48. The fourth-order valence-corrected chi connectivity index (χ4v) is 5.05. The molecule has 2 aliphatic rings. The molecule has 0 unspecified atom stereocenters. The van der Waals surface area contributed by atoms with Crippen molar-refractivity contribution in [1.29, 1.82) is 0 Å². The number of quaternary nitrogens is 1. The van der Waals surface area contributed by atoms with E-state index in [4.69, 9.17) is 9.15 Å². The zero-order valence-corrected chi connectivity index (χ0v) is 18.7. The summed E-state index contributed by atoms with van der Waals surface area (Å²) in [6.45, 7) is 5.10. The Labute approximate surface area is 188 Å². The van der Waals surface area contributed by atoms with Crippen LogP contribution in [0.5, 0.6) is 0 Å². The van der Waals surface area contributed by atoms with Crippen molar-refractivity contribution in [3.8, 4) is 0 Å². The molecule has 1 N–H and O–H groups in total. The van der Waals surface area contributed by atoms with Gasteiger partial charge in [-0.25, -0.2) is 0 Å². The molecule has 6 nitrogen and oxygen atoms in total. The first-order chi connectivity index (χ1) is 15.1. The van der Waals surface area contributed by atoms with Crippen LogP contribution in [-0.4, -0.2) is 50.2 Å². The molecule has 1 atom stereocenters. The molecule has 0 bridgehead atoms. The van der Waals surface area contributed by atoms with Gasteiger partial charge in [0.25, 0.3) is 5.91 Å². The highest BCUT2D eigenvalue weighted by Crippen LogP contribution is 2.38. The fraction of sp³-hybridized carbons (Fsp3) is 0.333. The molecule has 7 heteroatoms. The maximum absolute atomic E-state index is 13.4. The normalized spacial score (nSPS) is 19.2. The lowest BCUT2D eigenvalue weighted by Gasteiger charge is -2.27. The van der Waals surface area contributed by atoms with Crippen LogP contribution in [0.25, 0.3) is 11.0 Å². The second-order valence-corrected chi connectivity index (χ2v) is 9.01. The number of halogens is 1. The Bertz CT molecular complexity index is 1190. The molecule has 3 aromatic rings. The number of para-hydroxylation sites is 1. The summed E-state index contributed by atoms with van der Waals surface area (Å²) in [4.78, 5) is 30.1. The van der Waals surface area contributed by atoms with Crippen molar-refractivity contribution < 1.29 is 18.8 Å². The van der Waals surface area contributed by atoms with Crippen molar-refractivity contribution >= 4 is 32.8 Å². The maximum Gasteiger partial charge on any atom is 0.290 e. The molecule has 2 aromatic carbocycles. The van der Waals surface area contributed by atoms with E-state index < -0.39 is 6.04 Å². The molecule has 1 aromatic heterocycles. The van der Waals surface area contributed by atoms with Crippen LogP contribution in [0, 0.1) is 0 Å². The van der Waals surface area contributed by atoms with E-state index in [1.165, 1.54) is 4.90 Å². The molecule has 31 heavy (non-hydrogen) atoms. The van der Waals surface area contributed by atoms with E-state index >= 15 is 0 Å². The molecule has 5 rings (SSSR count). The third-order valence-corrected chi connectivity index (χ3v) is 6.66. The molecule has 0 aliphatic carbocycles. The van der Waals surface area contributed by atoms with Crippen molar-refractivity contribution in [2.45, 2.75) is 12.5 Å². The van der Waals surface area contributed by atoms with Gasteiger partial charge in [-0.2, -0.15) is 0 Å². The van der Waals surface area contributed by atoms with Gasteiger partial charge in [0.2, 0.25) is 5.76 Å². The Morgan fingerprint density at radius 3 is 2.68 bits per heavy atom. The standard InChI is InChI=1S/C24H23BrN2O4/c25-17-6-3-5-16(15-17)21-20-22(28)18-7-1-2-8-19(18)31-23(20)24(29)27(21)10-4-9-26-11-13-30-14-12-26/h1-3,5-8,15,21H,4,9-14H2/p+1/t21-/m1/s1. The summed E-state index contributed by atoms with van der Waals surface area (Å²) in [7, 11) is 0. The van der Waals surface area contributed by atoms with Gasteiger partial charge in [0.05, 0.1) is 36.8 Å². The van der Waals surface area contributed by atoms with Gasteiger partial charge < -0.3 is 19.0 Å². The van der Waals surface area contributed by atoms with Crippen LogP contribution >= 0.6 is 15.9 Å². The minimum atomic E-state index is -0.444. The largest absolute Gasteiger partial charge is 0.450 e. The van der Waals surface area contributed by atoms with E-state index in [0.717, 1.165) is 49.3 Å². The number of hydrogen-bond acceptors (Lipinski definition) is 4. The van der Waals surface area contributed by atoms with Crippen LogP contribution in [0.1, 0.15) is 34.1 Å². The Balaban J connectivity index is 1.53. The lowest BCUT2D eigenvalue weighted by Crippen LogP contribution is -3.14. The number of carbonyl (C=O) groups excluding carboxylic acids is 1. The number of nitrogens with zero attached hydrogens (tertiary/aromatic N) is 1. The molecule has 0 spiro atoms. The third-order valence-electron chi connectivity index (χ3n) is 6.17. The third kappa shape index (κ3) is 3.82. The number of amides is 1. The first kappa shape index (κ1) is 20.4. The molecule has 3 heterocycles. The zero-order chi connectivity index (χ0) is 21.4. The topological polar surface area (TPSA) is 64.2 Å². The first-order valence-corrected chi connectivity index (χ1v) is 11.5. The van der Waals surface area contributed by atoms with Crippen LogP contribution in [0.2, 0.25) is 0 Å². The van der Waals surface area contributed by atoms with Crippen LogP contribution in [0.15, 0.2) is 62.2 Å². The summed E-state index contributed by atoms with van der Waals surface area (Å²) in [5, 5.41) is 0.508. The lowest BCUT2D eigenvalue weighted by molar-refractivity contribution is -0.908. The van der Waals surface area contributed by atoms with Crippen molar-refractivity contribution in [1.82, 2.24) is 4.90 Å². The van der Waals surface area contributed by atoms with Crippen LogP contribution in [0.3, 0.4) is 0 Å². The van der Waals surface area contributed by atoms with Gasteiger partial charge >= 0.3 is 0 Å². The van der Waals surface area contributed by atoms with Crippen molar-refractivity contribution in [3.63, 3.8) is 0 Å². The highest BCUT2D eigenvalue weighted by Gasteiger charge is 2.42. The van der Waals surface area contributed by atoms with Crippen molar-refractivity contribution in [3.05, 3.63) is 80.1 Å². The van der Waals surface area contributed by atoms with E-state index in [9.17, 15) is 9.59 Å². The predicted octanol–water partition coefficient (Wildman–Crippen LogP) is 2.41. The number of benzene rings is 2. The van der Waals surface area contributed by atoms with Gasteiger partial charge in [0, 0.05) is 17.4 Å². The monoisotopic (exact) mass is 483 g/mol. The van der Waals surface area contributed by atoms with Gasteiger partial charge in [-0.05, 0) is 29.8 Å². The highest BCUT2D eigenvalue weighted by molar-refractivity contribution is 9.10. The van der Waals surface area contributed by atoms with E-state index in [1.807, 2.05) is 36.4 Å². The van der Waals surface area contributed by atoms with E-state index in [2.05, 4.69) is 15.9 Å². The highest BCUT2D eigenvalue weighted by atomic mass is 79.9. The first-order valence-electron chi connectivity index (χ1n) is 10.7. The van der Waals surface area contributed by atoms with Gasteiger partial charge in [-0.3, -0.25) is 9.59 Å². The van der Waals surface area contributed by atoms with E-state index in [1.54, 1.807) is 17.0 Å². The minimum Gasteiger partial charge on any atom is -0.450 e. The molecule has 0 radical (unpaired) electrons. The molecule has 2 aliphatic heterocycles. The van der Waals surface area contributed by atoms with Crippen LogP contribution < -0.4 is 10.3 Å². The molecule has 1 amide bonds. The maximum atomic E-state index is 13.4. The van der Waals surface area contributed by atoms with Gasteiger partial charge in [0.1, 0.15) is 18.7 Å². The average molecular weight is 484 g/mol. The summed E-state index contributed by atoms with van der Waals surface area (Å²) in [6, 6.07) is 14.5. The number of rotatable bonds is 5.